The van der Waals surface area contributed by atoms with Crippen molar-refractivity contribution in [2.45, 2.75) is 93.8 Å². The summed E-state index contributed by atoms with van der Waals surface area (Å²) in [7, 11) is 0. The number of benzene rings is 5. The molecule has 5 aromatic carbocycles. The number of ether oxygens (including phenoxy) is 7. The van der Waals surface area contributed by atoms with Crippen LogP contribution < -0.4 is 0 Å². The summed E-state index contributed by atoms with van der Waals surface area (Å²) in [4.78, 5) is 29.5. The third-order valence-corrected chi connectivity index (χ3v) is 12.4. The lowest BCUT2D eigenvalue weighted by atomic mass is 9.95. The Morgan fingerprint density at radius 2 is 0.984 bits per heavy atom. The summed E-state index contributed by atoms with van der Waals surface area (Å²) >= 11 is 1.37. The van der Waals surface area contributed by atoms with Crippen LogP contribution in [-0.4, -0.2) is 106 Å². The standard InChI is InChI=1S/C50H53NO11S/c1-2-63-50-41(51-47(54)37-25-15-16-26-38(37)48(51)55)45(42(52)39(61-50)31-56-27-33-17-7-3-8-18-33)62-49-43(53)46(59-30-36-23-13-6-14-24-36)44(58-29-35-21-11-5-12-22-35)40(60-49)32-57-28-34-19-9-4-10-20-34/h3-26,39-46,49-50,52-53H,2,27-32H2,1H3. The Labute approximate surface area is 372 Å². The minimum absolute atomic E-state index is 0.0224. The molecule has 0 aliphatic carbocycles. The number of fused-ring (bicyclic) bond motifs is 1. The van der Waals surface area contributed by atoms with Crippen LogP contribution >= 0.6 is 11.8 Å². The monoisotopic (exact) mass is 875 g/mol. The van der Waals surface area contributed by atoms with Gasteiger partial charge in [-0.15, -0.1) is 11.8 Å². The van der Waals surface area contributed by atoms with Crippen LogP contribution in [-0.2, 0) is 59.6 Å². The Hall–Kier alpha value is -4.77. The number of rotatable bonds is 19. The molecule has 3 aliphatic rings. The fourth-order valence-corrected chi connectivity index (χ4v) is 9.23. The number of carbonyl (C=O) groups excluding carboxylic acids is 2. The van der Waals surface area contributed by atoms with Gasteiger partial charge in [0.25, 0.3) is 11.8 Å². The summed E-state index contributed by atoms with van der Waals surface area (Å²) in [6.45, 7) is 2.78. The van der Waals surface area contributed by atoms with E-state index in [9.17, 15) is 19.8 Å². The molecule has 0 bridgehead atoms. The van der Waals surface area contributed by atoms with Gasteiger partial charge in [-0.3, -0.25) is 14.5 Å². The molecule has 2 N–H and O–H groups in total. The quantitative estimate of drug-likeness (QED) is 0.0868. The zero-order chi connectivity index (χ0) is 43.5. The number of hydrogen-bond acceptors (Lipinski definition) is 12. The molecule has 0 radical (unpaired) electrons. The van der Waals surface area contributed by atoms with Crippen LogP contribution in [0.4, 0.5) is 0 Å². The van der Waals surface area contributed by atoms with Crippen LogP contribution in [0.25, 0.3) is 0 Å². The molecule has 2 saturated heterocycles. The van der Waals surface area contributed by atoms with Gasteiger partial charge in [0.2, 0.25) is 0 Å². The Balaban J connectivity index is 1.12. The van der Waals surface area contributed by atoms with Gasteiger partial charge in [0, 0.05) is 0 Å². The Kier molecular flexibility index (Phi) is 15.5. The summed E-state index contributed by atoms with van der Waals surface area (Å²) in [6, 6.07) is 44.1. The largest absolute Gasteiger partial charge is 0.388 e. The molecule has 330 valence electrons. The van der Waals surface area contributed by atoms with Crippen LogP contribution in [0.1, 0.15) is 49.9 Å². The molecule has 63 heavy (non-hydrogen) atoms. The molecular formula is C50H53NO11S. The number of amides is 2. The Morgan fingerprint density at radius 3 is 1.48 bits per heavy atom. The normalized spacial score (nSPS) is 27.1. The zero-order valence-corrected chi connectivity index (χ0v) is 35.8. The maximum atomic E-state index is 14.2. The highest BCUT2D eigenvalue weighted by atomic mass is 32.2. The van der Waals surface area contributed by atoms with E-state index in [2.05, 4.69) is 0 Å². The molecule has 0 spiro atoms. The van der Waals surface area contributed by atoms with Crippen molar-refractivity contribution in [3.05, 3.63) is 179 Å². The Bertz CT molecular complexity index is 2170. The van der Waals surface area contributed by atoms with Crippen LogP contribution in [0.15, 0.2) is 146 Å². The number of aliphatic hydroxyl groups is 2. The first-order valence-electron chi connectivity index (χ1n) is 21.3. The molecule has 8 rings (SSSR count). The van der Waals surface area contributed by atoms with Gasteiger partial charge in [-0.25, -0.2) is 0 Å². The minimum atomic E-state index is -1.48. The average molecular weight is 876 g/mol. The molecular weight excluding hydrogens is 823 g/mol. The smallest absolute Gasteiger partial charge is 0.262 e. The van der Waals surface area contributed by atoms with Gasteiger partial charge in [-0.05, 0) is 40.1 Å². The molecule has 10 unspecified atom stereocenters. The lowest BCUT2D eigenvalue weighted by Crippen LogP contribution is -2.68. The van der Waals surface area contributed by atoms with E-state index in [0.29, 0.717) is 5.75 Å². The second-order valence-corrected chi connectivity index (χ2v) is 17.0. The number of carbonyl (C=O) groups is 2. The van der Waals surface area contributed by atoms with E-state index in [4.69, 9.17) is 33.2 Å². The van der Waals surface area contributed by atoms with Crippen LogP contribution in [0.3, 0.4) is 0 Å². The molecule has 0 saturated carbocycles. The topological polar surface area (TPSA) is 142 Å². The second-order valence-electron chi connectivity index (χ2n) is 15.7. The van der Waals surface area contributed by atoms with Gasteiger partial charge >= 0.3 is 0 Å². The first-order chi connectivity index (χ1) is 30.9. The summed E-state index contributed by atoms with van der Waals surface area (Å²) in [5.41, 5.74) is 3.29. The highest BCUT2D eigenvalue weighted by Crippen LogP contribution is 2.40. The van der Waals surface area contributed by atoms with Gasteiger partial charge in [-0.2, -0.15) is 0 Å². The van der Waals surface area contributed by atoms with Gasteiger partial charge in [0.1, 0.15) is 54.2 Å². The lowest BCUT2D eigenvalue weighted by Gasteiger charge is -2.50. The second kappa shape index (κ2) is 21.7. The van der Waals surface area contributed by atoms with E-state index in [1.807, 2.05) is 128 Å². The molecule has 5 aromatic rings. The van der Waals surface area contributed by atoms with E-state index < -0.39 is 72.3 Å². The van der Waals surface area contributed by atoms with Crippen molar-refractivity contribution < 1.29 is 53.0 Å². The molecule has 3 heterocycles. The number of hydrogen-bond donors (Lipinski definition) is 2. The van der Waals surface area contributed by atoms with E-state index >= 15 is 0 Å². The van der Waals surface area contributed by atoms with Crippen LogP contribution in [0.5, 0.6) is 0 Å². The van der Waals surface area contributed by atoms with Crippen molar-refractivity contribution in [1.82, 2.24) is 4.90 Å². The van der Waals surface area contributed by atoms with Crippen molar-refractivity contribution in [3.63, 3.8) is 0 Å². The highest BCUT2D eigenvalue weighted by molar-refractivity contribution is 7.99. The number of aliphatic hydroxyl groups excluding tert-OH is 2. The number of thioether (sulfide) groups is 1. The van der Waals surface area contributed by atoms with Crippen molar-refractivity contribution >= 4 is 23.6 Å². The van der Waals surface area contributed by atoms with E-state index in [1.54, 1.807) is 24.3 Å². The van der Waals surface area contributed by atoms with Crippen LogP contribution in [0, 0.1) is 0 Å². The molecule has 13 heteroatoms. The first-order valence-corrected chi connectivity index (χ1v) is 22.4. The predicted molar refractivity (Wildman–Crippen MR) is 235 cm³/mol. The van der Waals surface area contributed by atoms with Gasteiger partial charge < -0.3 is 43.4 Å². The highest BCUT2D eigenvalue weighted by Gasteiger charge is 2.57. The lowest BCUT2D eigenvalue weighted by molar-refractivity contribution is -0.343. The van der Waals surface area contributed by atoms with Crippen LogP contribution in [0.2, 0.25) is 0 Å². The van der Waals surface area contributed by atoms with E-state index in [0.717, 1.165) is 27.2 Å². The predicted octanol–water partition coefficient (Wildman–Crippen LogP) is 6.57. The fourth-order valence-electron chi connectivity index (χ4n) is 8.21. The summed E-state index contributed by atoms with van der Waals surface area (Å²) in [5, 5.41) is 24.8. The third kappa shape index (κ3) is 10.8. The molecule has 2 fully saturated rings. The summed E-state index contributed by atoms with van der Waals surface area (Å²) in [5.74, 6) is -0.535. The SMILES string of the molecule is CCSC1OC(COCc2ccccc2)C(O)C(OC2OC(COCc3ccccc3)C(OCc3ccccc3)C(OCc3ccccc3)C2O)C1N1C(=O)c2ccccc2C1=O. The fraction of sp³-hybridized carbons (Fsp3) is 0.360. The van der Waals surface area contributed by atoms with Crippen molar-refractivity contribution in [2.75, 3.05) is 19.0 Å². The molecule has 10 atom stereocenters. The molecule has 3 aliphatic heterocycles. The summed E-state index contributed by atoms with van der Waals surface area (Å²) < 4.78 is 45.6. The van der Waals surface area contributed by atoms with Crippen molar-refractivity contribution in [2.24, 2.45) is 0 Å². The molecule has 0 aromatic heterocycles. The maximum absolute atomic E-state index is 14.2. The first kappa shape index (κ1) is 44.8. The van der Waals surface area contributed by atoms with Gasteiger partial charge in [-0.1, -0.05) is 140 Å². The van der Waals surface area contributed by atoms with Gasteiger partial charge in [0.15, 0.2) is 6.29 Å². The zero-order valence-electron chi connectivity index (χ0n) is 35.0. The molecule has 2 amide bonds. The van der Waals surface area contributed by atoms with Crippen molar-refractivity contribution in [3.8, 4) is 0 Å². The number of nitrogens with zero attached hydrogens (tertiary/aromatic N) is 1. The van der Waals surface area contributed by atoms with Gasteiger partial charge in [0.05, 0.1) is 50.8 Å². The van der Waals surface area contributed by atoms with E-state index in [-0.39, 0.29) is 50.8 Å². The molecule has 12 nitrogen and oxygen atoms in total. The maximum Gasteiger partial charge on any atom is 0.262 e. The van der Waals surface area contributed by atoms with Crippen molar-refractivity contribution in [1.29, 1.82) is 0 Å². The Morgan fingerprint density at radius 1 is 0.540 bits per heavy atom. The minimum Gasteiger partial charge on any atom is -0.388 e. The van der Waals surface area contributed by atoms with E-state index in [1.165, 1.54) is 11.8 Å². The third-order valence-electron chi connectivity index (χ3n) is 11.4. The number of imide groups is 1. The average Bonchev–Trinajstić information content (AvgIpc) is 3.57. The summed E-state index contributed by atoms with van der Waals surface area (Å²) in [6.07, 6.45) is -9.41.